The Morgan fingerprint density at radius 3 is 2.85 bits per heavy atom. The highest BCUT2D eigenvalue weighted by Crippen LogP contribution is 2.24. The molecule has 1 aromatic carbocycles. The molecule has 2 nitrogen and oxygen atoms in total. The molecule has 2 rings (SSSR count). The fourth-order valence-corrected chi connectivity index (χ4v) is 3.17. The van der Waals surface area contributed by atoms with Gasteiger partial charge in [0.1, 0.15) is 0 Å². The van der Waals surface area contributed by atoms with Crippen LogP contribution in [0, 0.1) is 6.92 Å². The number of hydrogen-bond donors (Lipinski definition) is 2. The van der Waals surface area contributed by atoms with Gasteiger partial charge in [0.2, 0.25) is 0 Å². The van der Waals surface area contributed by atoms with Crippen molar-refractivity contribution in [1.29, 1.82) is 0 Å². The molecule has 0 saturated carbocycles. The number of thiol groups is 1. The Morgan fingerprint density at radius 2 is 2.20 bits per heavy atom. The summed E-state index contributed by atoms with van der Waals surface area (Å²) < 4.78 is 0. The lowest BCUT2D eigenvalue weighted by Crippen LogP contribution is -2.28. The quantitative estimate of drug-likeness (QED) is 0.776. The number of benzene rings is 1. The van der Waals surface area contributed by atoms with Crippen molar-refractivity contribution in [2.45, 2.75) is 37.6 Å². The minimum absolute atomic E-state index is 0.0229. The van der Waals surface area contributed by atoms with Gasteiger partial charge >= 0.3 is 0 Å². The van der Waals surface area contributed by atoms with Crippen molar-refractivity contribution in [1.82, 2.24) is 5.32 Å². The van der Waals surface area contributed by atoms with Crippen molar-refractivity contribution in [3.8, 4) is 0 Å². The van der Waals surface area contributed by atoms with Crippen LogP contribution in [0.15, 0.2) is 40.6 Å². The van der Waals surface area contributed by atoms with Crippen LogP contribution in [0.4, 0.5) is 0 Å². The zero-order valence-corrected chi connectivity index (χ0v) is 13.4. The predicted octanol–water partition coefficient (Wildman–Crippen LogP) is 4.62. The highest BCUT2D eigenvalue weighted by molar-refractivity contribution is 7.80. The summed E-state index contributed by atoms with van der Waals surface area (Å²) in [4.78, 5) is 14.5. The van der Waals surface area contributed by atoms with Crippen molar-refractivity contribution in [3.05, 3.63) is 51.7 Å². The van der Waals surface area contributed by atoms with Gasteiger partial charge in [-0.1, -0.05) is 25.5 Å². The molecule has 2 aromatic rings. The maximum atomic E-state index is 12.5. The van der Waals surface area contributed by atoms with E-state index in [2.05, 4.69) is 30.9 Å². The largest absolute Gasteiger partial charge is 0.344 e. The van der Waals surface area contributed by atoms with Crippen LogP contribution in [0.1, 0.15) is 46.6 Å². The number of thiophene rings is 1. The molecule has 1 aromatic heterocycles. The van der Waals surface area contributed by atoms with Gasteiger partial charge in [0, 0.05) is 15.3 Å². The third-order valence-corrected chi connectivity index (χ3v) is 4.50. The molecule has 1 N–H and O–H groups in total. The number of carbonyl (C=O) groups is 1. The molecule has 0 radical (unpaired) electrons. The van der Waals surface area contributed by atoms with Crippen LogP contribution in [-0.4, -0.2) is 5.91 Å². The van der Waals surface area contributed by atoms with E-state index in [9.17, 15) is 4.79 Å². The maximum Gasteiger partial charge on any atom is 0.252 e. The Balaban J connectivity index is 2.18. The second-order valence-corrected chi connectivity index (χ2v) is 6.33. The molecule has 0 saturated heterocycles. The molecule has 0 aliphatic carbocycles. The van der Waals surface area contributed by atoms with Crippen molar-refractivity contribution in [2.24, 2.45) is 0 Å². The van der Waals surface area contributed by atoms with E-state index in [1.165, 1.54) is 4.88 Å². The van der Waals surface area contributed by atoms with Gasteiger partial charge < -0.3 is 5.32 Å². The minimum atomic E-state index is -0.0229. The Hall–Kier alpha value is -1.26. The molecule has 1 amide bonds. The summed E-state index contributed by atoms with van der Waals surface area (Å²) in [5.41, 5.74) is 1.68. The van der Waals surface area contributed by atoms with Crippen molar-refractivity contribution in [3.63, 3.8) is 0 Å². The third kappa shape index (κ3) is 3.64. The topological polar surface area (TPSA) is 29.1 Å². The summed E-state index contributed by atoms with van der Waals surface area (Å²) in [7, 11) is 0. The molecule has 1 atom stereocenters. The average Bonchev–Trinajstić information content (AvgIpc) is 2.95. The van der Waals surface area contributed by atoms with E-state index in [0.717, 1.165) is 23.3 Å². The Labute approximate surface area is 129 Å². The molecule has 1 heterocycles. The second-order valence-electron chi connectivity index (χ2n) is 4.83. The Morgan fingerprint density at radius 1 is 1.40 bits per heavy atom. The van der Waals surface area contributed by atoms with E-state index < -0.39 is 0 Å². The number of hydrogen-bond acceptors (Lipinski definition) is 3. The standard InChI is InChI=1S/C16H19NOS2/c1-3-5-14(15-6-4-9-20-15)17-16(18)13-10-12(19)8-7-11(13)2/h4,6-10,14,19H,3,5H2,1-2H3,(H,17,18). The van der Waals surface area contributed by atoms with E-state index in [1.54, 1.807) is 11.3 Å². The van der Waals surface area contributed by atoms with Crippen molar-refractivity contribution >= 4 is 29.9 Å². The van der Waals surface area contributed by atoms with Crippen LogP contribution in [-0.2, 0) is 0 Å². The molecular weight excluding hydrogens is 286 g/mol. The maximum absolute atomic E-state index is 12.5. The monoisotopic (exact) mass is 305 g/mol. The molecule has 4 heteroatoms. The SMILES string of the molecule is CCCC(NC(=O)c1cc(S)ccc1C)c1cccs1. The van der Waals surface area contributed by atoms with E-state index in [1.807, 2.05) is 36.6 Å². The third-order valence-electron chi connectivity index (χ3n) is 3.24. The summed E-state index contributed by atoms with van der Waals surface area (Å²) in [5.74, 6) is -0.0229. The normalized spacial score (nSPS) is 12.2. The highest BCUT2D eigenvalue weighted by Gasteiger charge is 2.17. The van der Waals surface area contributed by atoms with Crippen LogP contribution in [0.5, 0.6) is 0 Å². The van der Waals surface area contributed by atoms with Gasteiger partial charge in [-0.25, -0.2) is 0 Å². The first-order chi connectivity index (χ1) is 9.61. The van der Waals surface area contributed by atoms with Gasteiger partial charge in [-0.05, 0) is 42.5 Å². The summed E-state index contributed by atoms with van der Waals surface area (Å²) in [6, 6.07) is 9.85. The van der Waals surface area contributed by atoms with Gasteiger partial charge in [0.05, 0.1) is 6.04 Å². The van der Waals surface area contributed by atoms with Gasteiger partial charge in [0.25, 0.3) is 5.91 Å². The molecule has 0 bridgehead atoms. The van der Waals surface area contributed by atoms with Crippen LogP contribution in [0.2, 0.25) is 0 Å². The number of carbonyl (C=O) groups excluding carboxylic acids is 1. The zero-order chi connectivity index (χ0) is 14.5. The Kier molecular flexibility index (Phi) is 5.26. The molecule has 0 aliphatic rings. The summed E-state index contributed by atoms with van der Waals surface area (Å²) in [6.45, 7) is 4.08. The first-order valence-electron chi connectivity index (χ1n) is 6.75. The minimum Gasteiger partial charge on any atom is -0.344 e. The van der Waals surface area contributed by atoms with E-state index in [4.69, 9.17) is 0 Å². The van der Waals surface area contributed by atoms with Crippen LogP contribution < -0.4 is 5.32 Å². The number of aryl methyl sites for hydroxylation is 1. The lowest BCUT2D eigenvalue weighted by Gasteiger charge is -2.17. The first-order valence-corrected chi connectivity index (χ1v) is 8.08. The molecule has 20 heavy (non-hydrogen) atoms. The molecule has 0 fully saturated rings. The molecule has 106 valence electrons. The van der Waals surface area contributed by atoms with Crippen LogP contribution >= 0.6 is 24.0 Å². The van der Waals surface area contributed by atoms with Crippen molar-refractivity contribution in [2.75, 3.05) is 0 Å². The van der Waals surface area contributed by atoms with Gasteiger partial charge in [0.15, 0.2) is 0 Å². The first kappa shape index (κ1) is 15.1. The zero-order valence-electron chi connectivity index (χ0n) is 11.7. The lowest BCUT2D eigenvalue weighted by atomic mass is 10.1. The summed E-state index contributed by atoms with van der Waals surface area (Å²) in [6.07, 6.45) is 1.99. The summed E-state index contributed by atoms with van der Waals surface area (Å²) >= 11 is 6.00. The van der Waals surface area contributed by atoms with E-state index >= 15 is 0 Å². The van der Waals surface area contributed by atoms with Crippen molar-refractivity contribution < 1.29 is 4.79 Å². The van der Waals surface area contributed by atoms with Crippen LogP contribution in [0.25, 0.3) is 0 Å². The molecule has 1 unspecified atom stereocenters. The fraction of sp³-hybridized carbons (Fsp3) is 0.312. The Bertz CT molecular complexity index is 578. The summed E-state index contributed by atoms with van der Waals surface area (Å²) in [5, 5.41) is 5.19. The number of amides is 1. The van der Waals surface area contributed by atoms with E-state index in [-0.39, 0.29) is 11.9 Å². The predicted molar refractivity (Wildman–Crippen MR) is 87.9 cm³/mol. The molecular formula is C16H19NOS2. The highest BCUT2D eigenvalue weighted by atomic mass is 32.1. The second kappa shape index (κ2) is 6.95. The molecule has 0 aliphatic heterocycles. The average molecular weight is 305 g/mol. The van der Waals surface area contributed by atoms with Crippen LogP contribution in [0.3, 0.4) is 0 Å². The van der Waals surface area contributed by atoms with Gasteiger partial charge in [-0.2, -0.15) is 0 Å². The van der Waals surface area contributed by atoms with Gasteiger partial charge in [-0.3, -0.25) is 4.79 Å². The number of nitrogens with one attached hydrogen (secondary N) is 1. The smallest absolute Gasteiger partial charge is 0.252 e. The fourth-order valence-electron chi connectivity index (χ4n) is 2.15. The molecule has 0 spiro atoms. The van der Waals surface area contributed by atoms with E-state index in [0.29, 0.717) is 5.56 Å². The number of rotatable bonds is 5. The lowest BCUT2D eigenvalue weighted by molar-refractivity contribution is 0.0934. The van der Waals surface area contributed by atoms with Gasteiger partial charge in [-0.15, -0.1) is 24.0 Å².